The molecule has 3 atom stereocenters. The highest BCUT2D eigenvalue weighted by atomic mass is 16.6. The summed E-state index contributed by atoms with van der Waals surface area (Å²) in [5.41, 5.74) is 0. The van der Waals surface area contributed by atoms with Gasteiger partial charge in [-0.15, -0.1) is 6.58 Å². The average molecular weight is 260 g/mol. The molecule has 2 nitrogen and oxygen atoms in total. The van der Waals surface area contributed by atoms with Crippen LogP contribution in [0.15, 0.2) is 12.7 Å². The Bertz CT molecular complexity index is 378. The van der Waals surface area contributed by atoms with Crippen LogP contribution in [0.2, 0.25) is 0 Å². The molecule has 1 heterocycles. The van der Waals surface area contributed by atoms with E-state index in [1.54, 1.807) is 0 Å². The fourth-order valence-electron chi connectivity index (χ4n) is 1.85. The normalized spacial score (nSPS) is 21.6. The van der Waals surface area contributed by atoms with E-state index in [0.29, 0.717) is 0 Å². The first-order valence-electron chi connectivity index (χ1n) is 7.22. The van der Waals surface area contributed by atoms with Gasteiger partial charge in [-0.2, -0.15) is 0 Å². The zero-order valence-corrected chi connectivity index (χ0v) is 11.8. The van der Waals surface area contributed by atoms with Crippen molar-refractivity contribution in [1.82, 2.24) is 0 Å². The number of aliphatic hydroxyl groups excluding tert-OH is 1. The van der Waals surface area contributed by atoms with E-state index in [1.807, 2.05) is 6.08 Å². The highest BCUT2D eigenvalue weighted by Crippen LogP contribution is 2.27. The molecule has 1 N–H and O–H groups in total. The molecule has 0 aliphatic carbocycles. The van der Waals surface area contributed by atoms with Crippen LogP contribution in [0.5, 0.6) is 0 Å². The second-order valence-corrected chi connectivity index (χ2v) is 4.84. The molecule has 19 heavy (non-hydrogen) atoms. The molecule has 1 aliphatic heterocycles. The number of epoxide rings is 1. The Labute approximate surface area is 117 Å². The van der Waals surface area contributed by atoms with Crippen molar-refractivity contribution in [2.45, 2.75) is 70.2 Å². The van der Waals surface area contributed by atoms with E-state index in [-0.39, 0.29) is 18.3 Å². The van der Waals surface area contributed by atoms with E-state index < -0.39 is 0 Å². The van der Waals surface area contributed by atoms with Crippen LogP contribution < -0.4 is 0 Å². The topological polar surface area (TPSA) is 32.8 Å². The van der Waals surface area contributed by atoms with Crippen molar-refractivity contribution < 1.29 is 9.84 Å². The van der Waals surface area contributed by atoms with Crippen molar-refractivity contribution in [3.63, 3.8) is 0 Å². The van der Waals surface area contributed by atoms with E-state index in [4.69, 9.17) is 4.74 Å². The Morgan fingerprint density at radius 3 is 2.89 bits per heavy atom. The molecule has 0 amide bonds. The van der Waals surface area contributed by atoms with Crippen molar-refractivity contribution in [2.75, 3.05) is 0 Å². The van der Waals surface area contributed by atoms with Crippen molar-refractivity contribution in [2.24, 2.45) is 0 Å². The molecule has 0 aromatic carbocycles. The van der Waals surface area contributed by atoms with Crippen LogP contribution in [0, 0.1) is 23.7 Å². The lowest BCUT2D eigenvalue weighted by atomic mass is 10.1. The molecule has 0 bridgehead atoms. The highest BCUT2D eigenvalue weighted by Gasteiger charge is 2.42. The summed E-state index contributed by atoms with van der Waals surface area (Å²) in [7, 11) is 0. The van der Waals surface area contributed by atoms with E-state index in [9.17, 15) is 5.11 Å². The van der Waals surface area contributed by atoms with Gasteiger partial charge in [-0.25, -0.2) is 0 Å². The Morgan fingerprint density at radius 1 is 1.32 bits per heavy atom. The lowest BCUT2D eigenvalue weighted by Gasteiger charge is -2.05. The number of ether oxygens (including phenoxy) is 1. The first kappa shape index (κ1) is 15.8. The minimum absolute atomic E-state index is 0.0973. The van der Waals surface area contributed by atoms with Gasteiger partial charge in [-0.05, 0) is 37.5 Å². The van der Waals surface area contributed by atoms with E-state index in [0.717, 1.165) is 44.9 Å². The van der Waals surface area contributed by atoms with Gasteiger partial charge in [0.15, 0.2) is 0 Å². The molecule has 104 valence electrons. The van der Waals surface area contributed by atoms with Gasteiger partial charge >= 0.3 is 0 Å². The summed E-state index contributed by atoms with van der Waals surface area (Å²) in [6.07, 6.45) is 8.45. The van der Waals surface area contributed by atoms with E-state index >= 15 is 0 Å². The summed E-state index contributed by atoms with van der Waals surface area (Å²) in [6.45, 7) is 5.78. The van der Waals surface area contributed by atoms with Gasteiger partial charge in [0.2, 0.25) is 0 Å². The maximum atomic E-state index is 9.91. The van der Waals surface area contributed by atoms with Gasteiger partial charge in [-0.1, -0.05) is 37.7 Å². The van der Waals surface area contributed by atoms with Gasteiger partial charge in [0.05, 0.1) is 6.10 Å². The Balaban J connectivity index is 2.11. The molecule has 0 aromatic rings. The third-order valence-corrected chi connectivity index (χ3v) is 3.05. The van der Waals surface area contributed by atoms with Crippen LogP contribution >= 0.6 is 0 Å². The lowest BCUT2D eigenvalue weighted by Crippen LogP contribution is -2.16. The predicted octanol–water partition coefficient (Wildman–Crippen LogP) is 3.06. The fourth-order valence-corrected chi connectivity index (χ4v) is 1.85. The van der Waals surface area contributed by atoms with Crippen LogP contribution in [0.3, 0.4) is 0 Å². The third-order valence-electron chi connectivity index (χ3n) is 3.05. The molecule has 3 unspecified atom stereocenters. The number of hydrogen-bond donors (Lipinski definition) is 1. The van der Waals surface area contributed by atoms with Gasteiger partial charge in [0, 0.05) is 6.42 Å². The second kappa shape index (κ2) is 9.68. The molecule has 0 radical (unpaired) electrons. The zero-order valence-electron chi connectivity index (χ0n) is 11.8. The Kier molecular flexibility index (Phi) is 8.07. The monoisotopic (exact) mass is 260 g/mol. The SMILES string of the molecule is C=CCCCCCC(O)C1OC1C#CC#CCCC. The van der Waals surface area contributed by atoms with Crippen molar-refractivity contribution in [1.29, 1.82) is 0 Å². The molecule has 1 aliphatic rings. The van der Waals surface area contributed by atoms with Crippen LogP contribution in [-0.4, -0.2) is 23.4 Å². The van der Waals surface area contributed by atoms with Crippen molar-refractivity contribution in [3.05, 3.63) is 12.7 Å². The number of rotatable bonds is 8. The van der Waals surface area contributed by atoms with Crippen molar-refractivity contribution >= 4 is 0 Å². The van der Waals surface area contributed by atoms with E-state index in [2.05, 4.69) is 37.2 Å². The number of unbranched alkanes of at least 4 members (excludes halogenated alkanes) is 4. The first-order valence-corrected chi connectivity index (χ1v) is 7.22. The quantitative estimate of drug-likeness (QED) is 0.315. The molecule has 1 rings (SSSR count). The van der Waals surface area contributed by atoms with E-state index in [1.165, 1.54) is 0 Å². The average Bonchev–Trinajstić information content (AvgIpc) is 3.18. The second-order valence-electron chi connectivity index (χ2n) is 4.84. The summed E-state index contributed by atoms with van der Waals surface area (Å²) in [5, 5.41) is 9.91. The predicted molar refractivity (Wildman–Crippen MR) is 78.4 cm³/mol. The molecule has 1 fully saturated rings. The number of hydrogen-bond acceptors (Lipinski definition) is 2. The smallest absolute Gasteiger partial charge is 0.148 e. The van der Waals surface area contributed by atoms with Crippen LogP contribution in [-0.2, 0) is 4.74 Å². The largest absolute Gasteiger partial charge is 0.390 e. The fraction of sp³-hybridized carbons (Fsp3) is 0.647. The summed E-state index contributed by atoms with van der Waals surface area (Å²) in [6, 6.07) is 0. The first-order chi connectivity index (χ1) is 9.29. The summed E-state index contributed by atoms with van der Waals surface area (Å²) in [5.74, 6) is 11.5. The van der Waals surface area contributed by atoms with Gasteiger partial charge < -0.3 is 9.84 Å². The van der Waals surface area contributed by atoms with Gasteiger partial charge in [-0.3, -0.25) is 0 Å². The molecule has 0 spiro atoms. The minimum Gasteiger partial charge on any atom is -0.390 e. The Hall–Kier alpha value is -1.22. The zero-order chi connectivity index (χ0) is 13.9. The number of allylic oxidation sites excluding steroid dienone is 1. The third kappa shape index (κ3) is 7.06. The summed E-state index contributed by atoms with van der Waals surface area (Å²) in [4.78, 5) is 0. The molecular formula is C17H24O2. The number of aliphatic hydroxyl groups is 1. The summed E-state index contributed by atoms with van der Waals surface area (Å²) < 4.78 is 5.36. The molecule has 1 saturated heterocycles. The van der Waals surface area contributed by atoms with Crippen molar-refractivity contribution in [3.8, 4) is 23.7 Å². The summed E-state index contributed by atoms with van der Waals surface area (Å²) >= 11 is 0. The standard InChI is InChI=1S/C17H24O2/c1-3-5-7-9-11-13-15(18)17-16(19-17)14-12-10-8-6-4-2/h3,15-18H,1,4-7,9,11,13H2,2H3. The van der Waals surface area contributed by atoms with Crippen LogP contribution in [0.25, 0.3) is 0 Å². The molecule has 0 saturated carbocycles. The highest BCUT2D eigenvalue weighted by molar-refractivity contribution is 5.30. The van der Waals surface area contributed by atoms with Crippen LogP contribution in [0.1, 0.15) is 51.9 Å². The Morgan fingerprint density at radius 2 is 2.16 bits per heavy atom. The maximum absolute atomic E-state index is 9.91. The van der Waals surface area contributed by atoms with Gasteiger partial charge in [0.25, 0.3) is 0 Å². The van der Waals surface area contributed by atoms with Crippen LogP contribution in [0.4, 0.5) is 0 Å². The lowest BCUT2D eigenvalue weighted by molar-refractivity contribution is 0.123. The molecule has 2 heteroatoms. The molecule has 0 aromatic heterocycles. The minimum atomic E-state index is -0.383. The molecular weight excluding hydrogens is 236 g/mol. The van der Waals surface area contributed by atoms with Gasteiger partial charge in [0.1, 0.15) is 12.2 Å². The maximum Gasteiger partial charge on any atom is 0.148 e.